The van der Waals surface area contributed by atoms with Gasteiger partial charge in [-0.1, -0.05) is 285 Å². The van der Waals surface area contributed by atoms with E-state index in [1.165, 1.54) is 82.8 Å². The van der Waals surface area contributed by atoms with E-state index in [4.69, 9.17) is 13.3 Å². The highest BCUT2D eigenvalue weighted by atomic mass is 32.1. The molecule has 6 aromatic heterocycles. The third-order valence-corrected chi connectivity index (χ3v) is 31.7. The lowest BCUT2D eigenvalue weighted by Crippen LogP contribution is -2.10. The van der Waals surface area contributed by atoms with Gasteiger partial charge in [-0.25, -0.2) is 0 Å². The number of para-hydroxylation sites is 10. The van der Waals surface area contributed by atoms with Gasteiger partial charge in [0.2, 0.25) is 0 Å². The smallest absolute Gasteiger partial charge is 0.135 e. The van der Waals surface area contributed by atoms with E-state index < -0.39 is 0 Å². The number of thiophene rings is 3. The number of hydrogen-bond acceptors (Lipinski definition) is 12. The topological polar surface area (TPSA) is 58.9 Å². The number of nitrogens with zero attached hydrogens (tertiary/aromatic N) is 6. The second-order valence-electron chi connectivity index (χ2n) is 37.4. The third kappa shape index (κ3) is 17.1. The highest BCUT2D eigenvalue weighted by molar-refractivity contribution is 7.26. The molecule has 710 valence electrons. The van der Waals surface area contributed by atoms with Gasteiger partial charge in [-0.3, -0.25) is 0 Å². The van der Waals surface area contributed by atoms with E-state index in [9.17, 15) is 0 Å². The van der Waals surface area contributed by atoms with Crippen molar-refractivity contribution in [1.29, 1.82) is 0 Å². The van der Waals surface area contributed by atoms with Gasteiger partial charge in [-0.15, -0.1) is 34.0 Å². The summed E-state index contributed by atoms with van der Waals surface area (Å²) in [5, 5.41) is 14.2. The molecule has 0 unspecified atom stereocenters. The molecule has 0 N–H and O–H groups in total. The van der Waals surface area contributed by atoms with E-state index in [-0.39, 0.29) is 0 Å². The van der Waals surface area contributed by atoms with Gasteiger partial charge in [0.05, 0.1) is 0 Å². The molecule has 0 saturated heterocycles. The Hall–Kier alpha value is -19.1. The molecule has 0 atom stereocenters. The molecule has 29 aromatic rings. The Morgan fingerprint density at radius 1 is 0.107 bits per heavy atom. The molecule has 0 saturated carbocycles. The number of anilines is 18. The predicted molar refractivity (Wildman–Crippen MR) is 639 cm³/mol. The number of rotatable bonds is 20. The largest absolute Gasteiger partial charge is 0.456 e. The molecule has 0 aliphatic heterocycles. The maximum Gasteiger partial charge on any atom is 0.135 e. The van der Waals surface area contributed by atoms with Crippen LogP contribution in [0.25, 0.3) is 149 Å². The summed E-state index contributed by atoms with van der Waals surface area (Å²) in [5.41, 5.74) is 30.2. The summed E-state index contributed by atoms with van der Waals surface area (Å²) in [7, 11) is 0. The van der Waals surface area contributed by atoms with Crippen LogP contribution < -0.4 is 29.4 Å². The van der Waals surface area contributed by atoms with Crippen LogP contribution in [0.2, 0.25) is 0 Å². The molecule has 0 amide bonds. The molecule has 0 bridgehead atoms. The van der Waals surface area contributed by atoms with Crippen LogP contribution in [0.15, 0.2) is 571 Å². The van der Waals surface area contributed by atoms with Gasteiger partial charge in [-0.05, 0) is 295 Å². The summed E-state index contributed by atoms with van der Waals surface area (Å²) in [6, 6.07) is 199. The second kappa shape index (κ2) is 39.1. The molecule has 23 aromatic carbocycles. The molecule has 0 spiro atoms. The predicted octanol–water partition coefficient (Wildman–Crippen LogP) is 42.0. The summed E-state index contributed by atoms with van der Waals surface area (Å²) in [4.78, 5) is 14.0. The lowest BCUT2D eigenvalue weighted by atomic mass is 10.0. The summed E-state index contributed by atoms with van der Waals surface area (Å²) in [6.45, 7) is 0. The lowest BCUT2D eigenvalue weighted by Gasteiger charge is -2.26. The van der Waals surface area contributed by atoms with E-state index in [0.717, 1.165) is 168 Å². The zero-order chi connectivity index (χ0) is 99.3. The van der Waals surface area contributed by atoms with Gasteiger partial charge in [0.25, 0.3) is 0 Å². The summed E-state index contributed by atoms with van der Waals surface area (Å²) in [6.07, 6.45) is 0. The van der Waals surface area contributed by atoms with Crippen LogP contribution in [-0.2, 0) is 0 Å². The Morgan fingerprint density at radius 2 is 0.300 bits per heavy atom. The molecular weight excluding hydrogens is 1890 g/mol. The van der Waals surface area contributed by atoms with Gasteiger partial charge in [0, 0.05) is 195 Å². The first kappa shape index (κ1) is 89.7. The molecular formula is C138H92N6O3S3. The SMILES string of the molecule is c1ccc(-c2ccc(N(c3ccc4c(c3)sc3ccc(N(c5ccccc5)c5ccccc5)cc34)c3ccc4oc5ccccc5c4c3)cc2)cc1.c1ccc(-c2cccc(N(c3ccc4c(c3)sc3ccc(N(c5ccccc5)c5ccccc5)cc34)c3ccc4oc5ccccc5c4c3)c2)cc1.c1ccc(N(c2ccc3c(c2)sc2ccc(N(c4ccccc4)c4ccccc4)cc23)c2ccc3oc4ccccc4c3c2)cc1. The van der Waals surface area contributed by atoms with Crippen molar-refractivity contribution >= 4 is 263 Å². The molecule has 0 fully saturated rings. The van der Waals surface area contributed by atoms with Crippen molar-refractivity contribution in [2.24, 2.45) is 0 Å². The van der Waals surface area contributed by atoms with E-state index in [2.05, 4.69) is 551 Å². The van der Waals surface area contributed by atoms with Crippen LogP contribution in [0.3, 0.4) is 0 Å². The normalized spacial score (nSPS) is 11.5. The van der Waals surface area contributed by atoms with Crippen molar-refractivity contribution in [2.75, 3.05) is 29.4 Å². The molecule has 6 heterocycles. The van der Waals surface area contributed by atoms with Gasteiger partial charge >= 0.3 is 0 Å². The first-order valence-electron chi connectivity index (χ1n) is 50.4. The minimum atomic E-state index is 0.888. The standard InChI is InChI=1S/2C48H32N2OS.C42H28N2OS/c1-4-13-33(14-5-1)34-15-12-20-37(29-34)50(38-24-27-46-43(30-38)41-21-10-11-22-45(41)51-46)40-23-26-42-44-31-39(25-28-47(44)52-48(42)32-40)49(35-16-6-2-7-17-35)36-18-8-3-9-19-36;1-4-12-33(13-5-1)34-20-22-37(23-21-34)50(38-25-28-46-43(30-38)41-18-10-11-19-45(41)51-46)40-24-27-42-44-31-39(26-29-47(44)52-48(42)32-40)49(35-14-6-2-7-15-35)36-16-8-3-9-17-36;1-4-12-29(13-5-1)43(30-14-6-2-7-15-30)33-22-25-41-38(27-33)36-23-20-34(28-42(36)46-41)44(31-16-8-3-9-17-31)32-21-24-40-37(26-32)35-18-10-11-19-39(35)45-40/h2*1-32H;1-28H. The van der Waals surface area contributed by atoms with Crippen molar-refractivity contribution in [3.8, 4) is 22.3 Å². The second-order valence-corrected chi connectivity index (χ2v) is 40.7. The van der Waals surface area contributed by atoms with Gasteiger partial charge in [-0.2, -0.15) is 0 Å². The fourth-order valence-electron chi connectivity index (χ4n) is 21.3. The van der Waals surface area contributed by atoms with Crippen molar-refractivity contribution in [3.63, 3.8) is 0 Å². The number of furan rings is 3. The van der Waals surface area contributed by atoms with Crippen LogP contribution in [0, 0.1) is 0 Å². The fraction of sp³-hybridized carbons (Fsp3) is 0. The first-order valence-corrected chi connectivity index (χ1v) is 52.9. The molecule has 0 aliphatic rings. The zero-order valence-electron chi connectivity index (χ0n) is 81.2. The molecule has 150 heavy (non-hydrogen) atoms. The summed E-state index contributed by atoms with van der Waals surface area (Å²) < 4.78 is 26.1. The molecule has 9 nitrogen and oxygen atoms in total. The van der Waals surface area contributed by atoms with Crippen LogP contribution in [0.1, 0.15) is 0 Å². The molecule has 0 radical (unpaired) electrons. The van der Waals surface area contributed by atoms with Crippen molar-refractivity contribution in [2.45, 2.75) is 0 Å². The highest BCUT2D eigenvalue weighted by Crippen LogP contribution is 2.52. The average Bonchev–Trinajstić information content (AvgIpc) is 1.60. The Kier molecular flexibility index (Phi) is 23.4. The molecule has 29 rings (SSSR count). The van der Waals surface area contributed by atoms with Crippen molar-refractivity contribution in [3.05, 3.63) is 558 Å². The van der Waals surface area contributed by atoms with E-state index >= 15 is 0 Å². The Labute approximate surface area is 878 Å². The van der Waals surface area contributed by atoms with Crippen molar-refractivity contribution in [1.82, 2.24) is 0 Å². The average molecular weight is 1980 g/mol. The quantitative estimate of drug-likeness (QED) is 0.0743. The maximum absolute atomic E-state index is 6.23. The van der Waals surface area contributed by atoms with Crippen LogP contribution in [0.5, 0.6) is 0 Å². The lowest BCUT2D eigenvalue weighted by molar-refractivity contribution is 0.668. The maximum atomic E-state index is 6.23. The Bertz CT molecular complexity index is 9890. The Balaban J connectivity index is 0.000000111. The van der Waals surface area contributed by atoms with Crippen LogP contribution in [-0.4, -0.2) is 0 Å². The Morgan fingerprint density at radius 3 is 0.607 bits per heavy atom. The van der Waals surface area contributed by atoms with E-state index in [0.29, 0.717) is 0 Å². The first-order chi connectivity index (χ1) is 74.3. The van der Waals surface area contributed by atoms with Crippen LogP contribution >= 0.6 is 34.0 Å². The van der Waals surface area contributed by atoms with E-state index in [1.54, 1.807) is 0 Å². The van der Waals surface area contributed by atoms with Crippen molar-refractivity contribution < 1.29 is 13.3 Å². The summed E-state index contributed by atoms with van der Waals surface area (Å²) >= 11 is 5.52. The number of benzene rings is 23. The monoisotopic (exact) mass is 1980 g/mol. The van der Waals surface area contributed by atoms with E-state index in [1.807, 2.05) is 70.4 Å². The highest BCUT2D eigenvalue weighted by Gasteiger charge is 2.26. The minimum Gasteiger partial charge on any atom is -0.456 e. The summed E-state index contributed by atoms with van der Waals surface area (Å²) in [5.74, 6) is 0. The van der Waals surface area contributed by atoms with Gasteiger partial charge in [0.15, 0.2) is 0 Å². The minimum absolute atomic E-state index is 0.888. The van der Waals surface area contributed by atoms with Gasteiger partial charge < -0.3 is 42.7 Å². The fourth-order valence-corrected chi connectivity index (χ4v) is 24.6. The van der Waals surface area contributed by atoms with Crippen LogP contribution in [0.4, 0.5) is 102 Å². The molecule has 12 heteroatoms. The number of fused-ring (bicyclic) bond motifs is 18. The zero-order valence-corrected chi connectivity index (χ0v) is 83.7. The third-order valence-electron chi connectivity index (χ3n) is 28.3. The molecule has 0 aliphatic carbocycles. The van der Waals surface area contributed by atoms with Gasteiger partial charge in [0.1, 0.15) is 33.5 Å². The number of hydrogen-bond donors (Lipinski definition) is 0.